The molecule has 1 atom stereocenters. The average molecular weight is 415 g/mol. The molecule has 1 amide bonds. The number of para-hydroxylation sites is 2. The fourth-order valence-electron chi connectivity index (χ4n) is 3.07. The Morgan fingerprint density at radius 3 is 2.40 bits per heavy atom. The molecule has 1 heterocycles. The van der Waals surface area contributed by atoms with E-state index in [0.717, 1.165) is 10.1 Å². The third-order valence-corrected chi connectivity index (χ3v) is 4.73. The van der Waals surface area contributed by atoms with E-state index >= 15 is 0 Å². The van der Waals surface area contributed by atoms with Gasteiger partial charge in [0, 0.05) is 5.56 Å². The molecule has 0 fully saturated rings. The number of halogens is 2. The summed E-state index contributed by atoms with van der Waals surface area (Å²) < 4.78 is 33.0. The zero-order valence-corrected chi connectivity index (χ0v) is 16.9. The van der Waals surface area contributed by atoms with Gasteiger partial charge in [-0.25, -0.2) is 9.78 Å². The van der Waals surface area contributed by atoms with E-state index in [-0.39, 0.29) is 17.3 Å². The number of benzene rings is 2. The lowest BCUT2D eigenvalue weighted by Crippen LogP contribution is -2.45. The van der Waals surface area contributed by atoms with Crippen LogP contribution in [0.5, 0.6) is 0 Å². The van der Waals surface area contributed by atoms with Crippen molar-refractivity contribution in [3.63, 3.8) is 0 Å². The smallest absolute Gasteiger partial charge is 0.329 e. The van der Waals surface area contributed by atoms with Gasteiger partial charge >= 0.3 is 12.5 Å². The number of rotatable bonds is 7. The lowest BCUT2D eigenvalue weighted by Gasteiger charge is -2.21. The van der Waals surface area contributed by atoms with E-state index in [4.69, 9.17) is 4.74 Å². The van der Waals surface area contributed by atoms with Crippen molar-refractivity contribution in [2.24, 2.45) is 5.92 Å². The Balaban J connectivity index is 1.73. The van der Waals surface area contributed by atoms with E-state index < -0.39 is 31.1 Å². The summed E-state index contributed by atoms with van der Waals surface area (Å²) in [6.07, 6.45) is 0. The van der Waals surface area contributed by atoms with Gasteiger partial charge < -0.3 is 10.1 Å². The predicted octanol–water partition coefficient (Wildman–Crippen LogP) is 4.24. The van der Waals surface area contributed by atoms with E-state index in [1.54, 1.807) is 56.3 Å². The topological polar surface area (TPSA) is 73.2 Å². The van der Waals surface area contributed by atoms with Crippen LogP contribution in [0.4, 0.5) is 8.78 Å². The molecule has 158 valence electrons. The molecule has 3 rings (SSSR count). The van der Waals surface area contributed by atoms with Gasteiger partial charge in [0.2, 0.25) is 0 Å². The number of aromatic nitrogens is 2. The van der Waals surface area contributed by atoms with Crippen LogP contribution < -0.4 is 5.32 Å². The summed E-state index contributed by atoms with van der Waals surface area (Å²) in [6, 6.07) is 12.5. The van der Waals surface area contributed by atoms with Gasteiger partial charge in [0.05, 0.1) is 11.0 Å². The number of imidazole rings is 1. The highest BCUT2D eigenvalue weighted by atomic mass is 19.3. The molecule has 1 N–H and O–H groups in total. The van der Waals surface area contributed by atoms with Crippen molar-refractivity contribution < 1.29 is 23.1 Å². The second kappa shape index (κ2) is 9.02. The molecule has 0 unspecified atom stereocenters. The average Bonchev–Trinajstić information content (AvgIpc) is 3.09. The molecule has 6 nitrogen and oxygen atoms in total. The number of nitrogens with one attached hydrogen (secondary N) is 1. The van der Waals surface area contributed by atoms with Crippen molar-refractivity contribution in [3.8, 4) is 0 Å². The van der Waals surface area contributed by atoms with Crippen molar-refractivity contribution in [3.05, 3.63) is 65.5 Å². The van der Waals surface area contributed by atoms with Crippen LogP contribution in [0.1, 0.15) is 42.1 Å². The Labute approximate surface area is 172 Å². The lowest BCUT2D eigenvalue weighted by atomic mass is 10.0. The van der Waals surface area contributed by atoms with Crippen molar-refractivity contribution in [1.29, 1.82) is 0 Å². The minimum atomic E-state index is -2.83. The molecule has 0 aliphatic heterocycles. The maximum absolute atomic E-state index is 13.5. The minimum absolute atomic E-state index is 0.0630. The molecule has 0 spiro atoms. The molecular weight excluding hydrogens is 392 g/mol. The summed E-state index contributed by atoms with van der Waals surface area (Å²) in [5, 5.41) is 2.66. The first-order valence-corrected chi connectivity index (χ1v) is 9.56. The van der Waals surface area contributed by atoms with Crippen LogP contribution in [0, 0.1) is 12.8 Å². The number of esters is 1. The van der Waals surface area contributed by atoms with Crippen LogP contribution in [0.3, 0.4) is 0 Å². The summed E-state index contributed by atoms with van der Waals surface area (Å²) in [5.41, 5.74) is 2.07. The Kier molecular flexibility index (Phi) is 6.44. The molecule has 2 aromatic carbocycles. The number of ether oxygens (including phenoxy) is 1. The highest BCUT2D eigenvalue weighted by Crippen LogP contribution is 2.23. The molecular formula is C22H23F2N3O3. The first-order chi connectivity index (χ1) is 14.3. The van der Waals surface area contributed by atoms with Gasteiger partial charge in [-0.15, -0.1) is 0 Å². The lowest BCUT2D eigenvalue weighted by molar-refractivity contribution is -0.149. The number of carbonyl (C=O) groups is 2. The molecule has 0 saturated carbocycles. The van der Waals surface area contributed by atoms with Crippen molar-refractivity contribution in [2.75, 3.05) is 0 Å². The van der Waals surface area contributed by atoms with E-state index in [1.807, 2.05) is 6.92 Å². The third kappa shape index (κ3) is 4.64. The van der Waals surface area contributed by atoms with Gasteiger partial charge in [-0.1, -0.05) is 43.7 Å². The Morgan fingerprint density at radius 1 is 1.10 bits per heavy atom. The van der Waals surface area contributed by atoms with Crippen LogP contribution >= 0.6 is 0 Å². The van der Waals surface area contributed by atoms with Gasteiger partial charge in [-0.05, 0) is 37.1 Å². The summed E-state index contributed by atoms with van der Waals surface area (Å²) in [6.45, 7) is 2.17. The second-order valence-electron chi connectivity index (χ2n) is 7.33. The van der Waals surface area contributed by atoms with Crippen LogP contribution in [-0.4, -0.2) is 27.5 Å². The Morgan fingerprint density at radius 2 is 1.77 bits per heavy atom. The third-order valence-electron chi connectivity index (χ3n) is 4.73. The number of aryl methyl sites for hydroxylation is 1. The van der Waals surface area contributed by atoms with Crippen LogP contribution in [-0.2, 0) is 16.1 Å². The summed E-state index contributed by atoms with van der Waals surface area (Å²) in [4.78, 5) is 29.2. The fraction of sp³-hybridized carbons (Fsp3) is 0.318. The summed E-state index contributed by atoms with van der Waals surface area (Å²) in [7, 11) is 0. The normalized spacial score (nSPS) is 12.4. The zero-order valence-electron chi connectivity index (χ0n) is 16.9. The molecule has 0 saturated heterocycles. The first kappa shape index (κ1) is 21.4. The van der Waals surface area contributed by atoms with E-state index in [0.29, 0.717) is 11.1 Å². The zero-order chi connectivity index (χ0) is 21.8. The van der Waals surface area contributed by atoms with E-state index in [1.165, 1.54) is 6.07 Å². The molecule has 8 heteroatoms. The largest absolute Gasteiger partial charge is 0.456 e. The van der Waals surface area contributed by atoms with Crippen LogP contribution in [0.15, 0.2) is 48.5 Å². The highest BCUT2D eigenvalue weighted by Gasteiger charge is 2.27. The quantitative estimate of drug-likeness (QED) is 0.586. The number of amides is 1. The maximum Gasteiger partial charge on any atom is 0.329 e. The highest BCUT2D eigenvalue weighted by molar-refractivity contribution is 5.96. The monoisotopic (exact) mass is 415 g/mol. The minimum Gasteiger partial charge on any atom is -0.456 e. The van der Waals surface area contributed by atoms with Crippen molar-refractivity contribution in [2.45, 2.75) is 40.0 Å². The van der Waals surface area contributed by atoms with E-state index in [2.05, 4.69) is 10.3 Å². The molecule has 0 aliphatic rings. The van der Waals surface area contributed by atoms with Gasteiger partial charge in [-0.3, -0.25) is 9.36 Å². The van der Waals surface area contributed by atoms with Gasteiger partial charge in [0.15, 0.2) is 5.82 Å². The molecule has 3 aromatic rings. The Bertz CT molecular complexity index is 1050. The number of hydrogen-bond donors (Lipinski definition) is 1. The van der Waals surface area contributed by atoms with Gasteiger partial charge in [0.1, 0.15) is 12.6 Å². The molecule has 1 aromatic heterocycles. The SMILES string of the molecule is Cc1ccc(C(=O)N[C@H](C(=O)OCc2nc3ccccc3n2C(F)F)C(C)C)cc1. The van der Waals surface area contributed by atoms with Crippen LogP contribution in [0.2, 0.25) is 0 Å². The number of carbonyl (C=O) groups excluding carboxylic acids is 2. The fourth-order valence-corrected chi connectivity index (χ4v) is 3.07. The standard InChI is InChI=1S/C22H23F2N3O3/c1-13(2)19(26-20(28)15-10-8-14(3)9-11-15)21(29)30-12-18-25-16-6-4-5-7-17(16)27(18)22(23)24/h4-11,13,19,22H,12H2,1-3H3,(H,26,28)/t19-/m0/s1. The molecule has 30 heavy (non-hydrogen) atoms. The summed E-state index contributed by atoms with van der Waals surface area (Å²) in [5.74, 6) is -1.45. The van der Waals surface area contributed by atoms with Gasteiger partial charge in [-0.2, -0.15) is 8.78 Å². The summed E-state index contributed by atoms with van der Waals surface area (Å²) >= 11 is 0. The maximum atomic E-state index is 13.5. The number of hydrogen-bond acceptors (Lipinski definition) is 4. The number of fused-ring (bicyclic) bond motifs is 1. The van der Waals surface area contributed by atoms with E-state index in [9.17, 15) is 18.4 Å². The predicted molar refractivity (Wildman–Crippen MR) is 108 cm³/mol. The van der Waals surface area contributed by atoms with Crippen molar-refractivity contribution >= 4 is 22.9 Å². The molecule has 0 radical (unpaired) electrons. The molecule has 0 bridgehead atoms. The Hall–Kier alpha value is -3.29. The second-order valence-corrected chi connectivity index (χ2v) is 7.33. The first-order valence-electron chi connectivity index (χ1n) is 9.56. The molecule has 0 aliphatic carbocycles. The number of nitrogens with zero attached hydrogens (tertiary/aromatic N) is 2. The van der Waals surface area contributed by atoms with Gasteiger partial charge in [0.25, 0.3) is 5.91 Å². The van der Waals surface area contributed by atoms with Crippen molar-refractivity contribution in [1.82, 2.24) is 14.9 Å². The number of alkyl halides is 2. The van der Waals surface area contributed by atoms with Crippen LogP contribution in [0.25, 0.3) is 11.0 Å².